The summed E-state index contributed by atoms with van der Waals surface area (Å²) in [5.74, 6) is -0.371. The fraction of sp³-hybridized carbons (Fsp3) is 0.923. The number of nitrogens with zero attached hydrogens (tertiary/aromatic N) is 1. The molecule has 4 unspecified atom stereocenters. The largest absolute Gasteiger partial charge is 0.481 e. The Morgan fingerprint density at radius 1 is 1.35 bits per heavy atom. The minimum atomic E-state index is -0.711. The van der Waals surface area contributed by atoms with Crippen LogP contribution in [-0.4, -0.2) is 47.8 Å². The quantitative estimate of drug-likeness (QED) is 0.812. The zero-order chi connectivity index (χ0) is 12.4. The molecule has 2 aliphatic rings. The van der Waals surface area contributed by atoms with Gasteiger partial charge in [0, 0.05) is 12.1 Å². The van der Waals surface area contributed by atoms with Gasteiger partial charge in [-0.05, 0) is 25.3 Å². The lowest BCUT2D eigenvalue weighted by molar-refractivity contribution is -0.143. The number of ether oxygens (including phenoxy) is 1. The van der Waals surface area contributed by atoms with Crippen molar-refractivity contribution in [1.82, 2.24) is 4.90 Å². The molecular weight excluding hydrogens is 218 g/mol. The van der Waals surface area contributed by atoms with E-state index in [0.29, 0.717) is 25.2 Å². The van der Waals surface area contributed by atoms with Gasteiger partial charge in [-0.25, -0.2) is 0 Å². The standard InChI is InChI=1S/C13H23NO3/c1-3-14(11-6-4-5-9(11)2)12-8-17-7-10(12)13(15)16/h9-12H,3-8H2,1-2H3,(H,15,16). The van der Waals surface area contributed by atoms with Gasteiger partial charge >= 0.3 is 5.97 Å². The Morgan fingerprint density at radius 2 is 2.12 bits per heavy atom. The van der Waals surface area contributed by atoms with E-state index in [-0.39, 0.29) is 12.0 Å². The van der Waals surface area contributed by atoms with Crippen LogP contribution >= 0.6 is 0 Å². The molecular formula is C13H23NO3. The highest BCUT2D eigenvalue weighted by Crippen LogP contribution is 2.33. The highest BCUT2D eigenvalue weighted by atomic mass is 16.5. The summed E-state index contributed by atoms with van der Waals surface area (Å²) >= 11 is 0. The first kappa shape index (κ1) is 12.8. The molecule has 17 heavy (non-hydrogen) atoms. The molecule has 0 aromatic carbocycles. The van der Waals surface area contributed by atoms with Crippen molar-refractivity contribution in [1.29, 1.82) is 0 Å². The summed E-state index contributed by atoms with van der Waals surface area (Å²) in [6.45, 7) is 6.28. The van der Waals surface area contributed by atoms with Crippen molar-refractivity contribution in [3.8, 4) is 0 Å². The number of rotatable bonds is 4. The topological polar surface area (TPSA) is 49.8 Å². The summed E-state index contributed by atoms with van der Waals surface area (Å²) in [6, 6.07) is 0.622. The van der Waals surface area contributed by atoms with E-state index in [4.69, 9.17) is 4.74 Å². The number of carboxylic acids is 1. The molecule has 1 aliphatic heterocycles. The smallest absolute Gasteiger partial charge is 0.310 e. The van der Waals surface area contributed by atoms with Crippen LogP contribution in [0.25, 0.3) is 0 Å². The van der Waals surface area contributed by atoms with Crippen LogP contribution < -0.4 is 0 Å². The SMILES string of the molecule is CCN(C1CCCC1C)C1COCC1C(=O)O. The van der Waals surface area contributed by atoms with Crippen LogP contribution in [-0.2, 0) is 9.53 Å². The molecule has 2 rings (SSSR count). The third-order valence-corrected chi connectivity index (χ3v) is 4.40. The molecule has 1 N–H and O–H groups in total. The predicted molar refractivity (Wildman–Crippen MR) is 64.9 cm³/mol. The van der Waals surface area contributed by atoms with Crippen LogP contribution in [0.1, 0.15) is 33.1 Å². The zero-order valence-electron chi connectivity index (χ0n) is 10.8. The minimum absolute atomic E-state index is 0.0723. The van der Waals surface area contributed by atoms with E-state index in [9.17, 15) is 9.90 Å². The van der Waals surface area contributed by atoms with Crippen LogP contribution in [0.4, 0.5) is 0 Å². The number of hydrogen-bond acceptors (Lipinski definition) is 3. The maximum Gasteiger partial charge on any atom is 0.310 e. The van der Waals surface area contributed by atoms with Gasteiger partial charge in [0.05, 0.1) is 19.1 Å². The summed E-state index contributed by atoms with van der Waals surface area (Å²) in [6.07, 6.45) is 3.75. The highest BCUT2D eigenvalue weighted by Gasteiger charge is 2.41. The van der Waals surface area contributed by atoms with E-state index in [1.807, 2.05) is 0 Å². The second-order valence-electron chi connectivity index (χ2n) is 5.36. The average molecular weight is 241 g/mol. The van der Waals surface area contributed by atoms with Crippen molar-refractivity contribution in [3.63, 3.8) is 0 Å². The molecule has 98 valence electrons. The van der Waals surface area contributed by atoms with Gasteiger partial charge in [0.25, 0.3) is 0 Å². The van der Waals surface area contributed by atoms with Gasteiger partial charge in [0.2, 0.25) is 0 Å². The first-order valence-electron chi connectivity index (χ1n) is 6.71. The Bertz CT molecular complexity index is 282. The molecule has 0 bridgehead atoms. The Balaban J connectivity index is 2.09. The lowest BCUT2D eigenvalue weighted by Gasteiger charge is -2.36. The van der Waals surface area contributed by atoms with Crippen LogP contribution in [0.15, 0.2) is 0 Å². The van der Waals surface area contributed by atoms with Gasteiger partial charge in [0.1, 0.15) is 0 Å². The van der Waals surface area contributed by atoms with Crippen molar-refractivity contribution in [3.05, 3.63) is 0 Å². The first-order chi connectivity index (χ1) is 8.15. The predicted octanol–water partition coefficient (Wildman–Crippen LogP) is 1.60. The number of carbonyl (C=O) groups is 1. The Morgan fingerprint density at radius 3 is 2.65 bits per heavy atom. The Kier molecular flexibility index (Phi) is 4.05. The van der Waals surface area contributed by atoms with Crippen LogP contribution in [0.3, 0.4) is 0 Å². The summed E-state index contributed by atoms with van der Waals surface area (Å²) in [5.41, 5.74) is 0. The molecule has 1 saturated carbocycles. The zero-order valence-corrected chi connectivity index (χ0v) is 10.8. The second-order valence-corrected chi connectivity index (χ2v) is 5.36. The van der Waals surface area contributed by atoms with E-state index in [0.717, 1.165) is 6.54 Å². The highest BCUT2D eigenvalue weighted by molar-refractivity contribution is 5.71. The van der Waals surface area contributed by atoms with Crippen LogP contribution in [0.2, 0.25) is 0 Å². The normalized spacial score (nSPS) is 37.8. The Hall–Kier alpha value is -0.610. The summed E-state index contributed by atoms with van der Waals surface area (Å²) in [5, 5.41) is 9.23. The number of aliphatic carboxylic acids is 1. The van der Waals surface area contributed by atoms with Crippen molar-refractivity contribution in [2.45, 2.75) is 45.2 Å². The summed E-state index contributed by atoms with van der Waals surface area (Å²) in [7, 11) is 0. The van der Waals surface area contributed by atoms with Crippen LogP contribution in [0.5, 0.6) is 0 Å². The van der Waals surface area contributed by atoms with Gasteiger partial charge in [-0.3, -0.25) is 9.69 Å². The minimum Gasteiger partial charge on any atom is -0.481 e. The molecule has 0 aromatic heterocycles. The molecule has 0 amide bonds. The average Bonchev–Trinajstić information content (AvgIpc) is 2.90. The molecule has 0 spiro atoms. The van der Waals surface area contributed by atoms with Gasteiger partial charge < -0.3 is 9.84 Å². The molecule has 2 fully saturated rings. The van der Waals surface area contributed by atoms with Crippen molar-refractivity contribution in [2.24, 2.45) is 11.8 Å². The number of carboxylic acid groups (broad SMARTS) is 1. The fourth-order valence-corrected chi connectivity index (χ4v) is 3.44. The molecule has 1 aliphatic carbocycles. The maximum absolute atomic E-state index is 11.2. The molecule has 4 atom stereocenters. The number of hydrogen-bond donors (Lipinski definition) is 1. The second kappa shape index (κ2) is 5.36. The third-order valence-electron chi connectivity index (χ3n) is 4.40. The van der Waals surface area contributed by atoms with Gasteiger partial charge in [-0.15, -0.1) is 0 Å². The third kappa shape index (κ3) is 2.47. The molecule has 0 aromatic rings. The Labute approximate surface area is 103 Å². The van der Waals surface area contributed by atoms with Crippen molar-refractivity contribution < 1.29 is 14.6 Å². The number of likely N-dealkylation sites (N-methyl/N-ethyl adjacent to an activating group) is 1. The van der Waals surface area contributed by atoms with E-state index in [2.05, 4.69) is 18.7 Å². The van der Waals surface area contributed by atoms with Gasteiger partial charge in [0.15, 0.2) is 0 Å². The molecule has 4 heteroatoms. The van der Waals surface area contributed by atoms with E-state index in [1.165, 1.54) is 19.3 Å². The van der Waals surface area contributed by atoms with Crippen molar-refractivity contribution >= 4 is 5.97 Å². The maximum atomic E-state index is 11.2. The molecule has 1 heterocycles. The van der Waals surface area contributed by atoms with Gasteiger partial charge in [-0.1, -0.05) is 20.3 Å². The van der Waals surface area contributed by atoms with Crippen LogP contribution in [0, 0.1) is 11.8 Å². The fourth-order valence-electron chi connectivity index (χ4n) is 3.44. The summed E-state index contributed by atoms with van der Waals surface area (Å²) in [4.78, 5) is 13.6. The van der Waals surface area contributed by atoms with Gasteiger partial charge in [-0.2, -0.15) is 0 Å². The lowest BCUT2D eigenvalue weighted by Crippen LogP contribution is -2.49. The summed E-state index contributed by atoms with van der Waals surface area (Å²) < 4.78 is 5.39. The molecule has 1 saturated heterocycles. The van der Waals surface area contributed by atoms with Crippen molar-refractivity contribution in [2.75, 3.05) is 19.8 Å². The lowest BCUT2D eigenvalue weighted by atomic mass is 9.97. The van der Waals surface area contributed by atoms with E-state index >= 15 is 0 Å². The van der Waals surface area contributed by atoms with E-state index in [1.54, 1.807) is 0 Å². The first-order valence-corrected chi connectivity index (χ1v) is 6.71. The van der Waals surface area contributed by atoms with E-state index < -0.39 is 5.97 Å². The monoisotopic (exact) mass is 241 g/mol. The molecule has 4 nitrogen and oxygen atoms in total. The molecule has 0 radical (unpaired) electrons.